The number of anilines is 1. The Morgan fingerprint density at radius 3 is 2.50 bits per heavy atom. The Labute approximate surface area is 118 Å². The molecule has 100 valence electrons. The largest absolute Gasteiger partial charge is 0.376 e. The van der Waals surface area contributed by atoms with Gasteiger partial charge in [0.05, 0.1) is 6.04 Å². The molecule has 1 aliphatic heterocycles. The minimum absolute atomic E-state index is 0.333. The predicted octanol–water partition coefficient (Wildman–Crippen LogP) is 4.75. The van der Waals surface area contributed by atoms with Gasteiger partial charge in [-0.1, -0.05) is 43.3 Å². The molecular weight excluding hydrogens is 244 g/mol. The summed E-state index contributed by atoms with van der Waals surface area (Å²) >= 11 is 0. The van der Waals surface area contributed by atoms with Crippen molar-refractivity contribution >= 4 is 16.6 Å². The van der Waals surface area contributed by atoms with Gasteiger partial charge in [-0.15, -0.1) is 0 Å². The molecule has 2 heterocycles. The Kier molecular flexibility index (Phi) is 2.40. The van der Waals surface area contributed by atoms with Crippen LogP contribution >= 0.6 is 0 Å². The second kappa shape index (κ2) is 4.14. The molecule has 4 rings (SSSR count). The summed E-state index contributed by atoms with van der Waals surface area (Å²) in [5.41, 5.74) is 6.58. The van der Waals surface area contributed by atoms with Crippen LogP contribution in [0.3, 0.4) is 0 Å². The molecule has 2 nitrogen and oxygen atoms in total. The van der Waals surface area contributed by atoms with Gasteiger partial charge in [-0.05, 0) is 30.2 Å². The fourth-order valence-electron chi connectivity index (χ4n) is 3.43. The van der Waals surface area contributed by atoms with Crippen molar-refractivity contribution in [2.24, 2.45) is 0 Å². The molecule has 2 N–H and O–H groups in total. The lowest BCUT2D eigenvalue weighted by Gasteiger charge is -2.16. The third-order valence-corrected chi connectivity index (χ3v) is 4.58. The summed E-state index contributed by atoms with van der Waals surface area (Å²) in [6.07, 6.45) is 0. The van der Waals surface area contributed by atoms with Crippen molar-refractivity contribution in [3.05, 3.63) is 65.4 Å². The summed E-state index contributed by atoms with van der Waals surface area (Å²) in [6.45, 7) is 4.51. The van der Waals surface area contributed by atoms with Crippen LogP contribution in [-0.4, -0.2) is 4.98 Å². The Bertz CT molecular complexity index is 785. The Balaban J connectivity index is 1.84. The molecule has 1 aliphatic rings. The highest BCUT2D eigenvalue weighted by Gasteiger charge is 2.31. The molecule has 0 aliphatic carbocycles. The van der Waals surface area contributed by atoms with E-state index in [4.69, 9.17) is 0 Å². The number of aromatic amines is 1. The van der Waals surface area contributed by atoms with Crippen molar-refractivity contribution < 1.29 is 0 Å². The Morgan fingerprint density at radius 1 is 0.950 bits per heavy atom. The number of hydrogen-bond acceptors (Lipinski definition) is 1. The first kappa shape index (κ1) is 11.6. The van der Waals surface area contributed by atoms with E-state index in [1.54, 1.807) is 0 Å². The maximum atomic E-state index is 3.67. The second-order valence-electron chi connectivity index (χ2n) is 5.71. The topological polar surface area (TPSA) is 27.8 Å². The first-order chi connectivity index (χ1) is 9.75. The fourth-order valence-corrected chi connectivity index (χ4v) is 3.43. The molecular formula is C18H18N2. The number of nitrogens with one attached hydrogen (secondary N) is 2. The van der Waals surface area contributed by atoms with Crippen molar-refractivity contribution in [1.82, 2.24) is 4.98 Å². The average Bonchev–Trinajstić information content (AvgIpc) is 2.98. The molecule has 0 saturated heterocycles. The zero-order chi connectivity index (χ0) is 13.7. The Hall–Kier alpha value is -2.22. The normalized spacial score (nSPS) is 20.9. The van der Waals surface area contributed by atoms with Crippen LogP contribution in [0.1, 0.15) is 35.7 Å². The van der Waals surface area contributed by atoms with Gasteiger partial charge in [0.1, 0.15) is 0 Å². The summed E-state index contributed by atoms with van der Waals surface area (Å²) < 4.78 is 0. The van der Waals surface area contributed by atoms with E-state index in [1.165, 1.54) is 33.4 Å². The van der Waals surface area contributed by atoms with Crippen molar-refractivity contribution in [3.8, 4) is 0 Å². The van der Waals surface area contributed by atoms with Crippen molar-refractivity contribution in [2.45, 2.75) is 25.8 Å². The molecule has 1 aromatic heterocycles. The van der Waals surface area contributed by atoms with E-state index in [9.17, 15) is 0 Å². The second-order valence-corrected chi connectivity index (χ2v) is 5.71. The van der Waals surface area contributed by atoms with Crippen LogP contribution < -0.4 is 5.32 Å². The summed E-state index contributed by atoms with van der Waals surface area (Å²) in [6, 6.07) is 17.5. The number of fused-ring (bicyclic) bond motifs is 2. The lowest BCUT2D eigenvalue weighted by atomic mass is 9.93. The number of rotatable bonds is 1. The third kappa shape index (κ3) is 1.51. The van der Waals surface area contributed by atoms with E-state index in [-0.39, 0.29) is 0 Å². The molecule has 0 spiro atoms. The molecule has 20 heavy (non-hydrogen) atoms. The van der Waals surface area contributed by atoms with Gasteiger partial charge in [-0.25, -0.2) is 0 Å². The molecule has 3 aromatic rings. The number of para-hydroxylation sites is 2. The predicted molar refractivity (Wildman–Crippen MR) is 84.3 cm³/mol. The quantitative estimate of drug-likeness (QED) is 0.651. The van der Waals surface area contributed by atoms with Gasteiger partial charge in [-0.3, -0.25) is 0 Å². The first-order valence-electron chi connectivity index (χ1n) is 7.18. The van der Waals surface area contributed by atoms with Crippen molar-refractivity contribution in [2.75, 3.05) is 5.32 Å². The van der Waals surface area contributed by atoms with Crippen LogP contribution in [0.4, 0.5) is 5.69 Å². The highest BCUT2D eigenvalue weighted by Crippen LogP contribution is 2.44. The number of H-pyrrole nitrogens is 1. The van der Waals surface area contributed by atoms with E-state index in [0.29, 0.717) is 12.0 Å². The van der Waals surface area contributed by atoms with Gasteiger partial charge in [0.25, 0.3) is 0 Å². The number of aromatic nitrogens is 1. The molecule has 0 saturated carbocycles. The highest BCUT2D eigenvalue weighted by atomic mass is 15.0. The third-order valence-electron chi connectivity index (χ3n) is 4.58. The summed E-state index contributed by atoms with van der Waals surface area (Å²) in [4.78, 5) is 3.61. The lowest BCUT2D eigenvalue weighted by Crippen LogP contribution is -2.10. The van der Waals surface area contributed by atoms with Gasteiger partial charge in [-0.2, -0.15) is 0 Å². The maximum Gasteiger partial charge on any atom is 0.0732 e. The van der Waals surface area contributed by atoms with E-state index in [0.717, 1.165) is 0 Å². The van der Waals surface area contributed by atoms with Crippen molar-refractivity contribution in [3.63, 3.8) is 0 Å². The zero-order valence-corrected chi connectivity index (χ0v) is 11.8. The SMILES string of the molecule is Cc1c([C@H]2Nc3ccccc3[C@@H]2C)[nH]c2ccccc12. The van der Waals surface area contributed by atoms with Crippen LogP contribution in [0.15, 0.2) is 48.5 Å². The maximum absolute atomic E-state index is 3.67. The standard InChI is InChI=1S/C18H18N2/c1-11-13-7-3-5-9-15(13)19-17(11)18-12(2)14-8-4-6-10-16(14)20-18/h3-11,17,19-20H,1-2H3/t11-,17-/m0/s1. The van der Waals surface area contributed by atoms with Gasteiger partial charge in [0.2, 0.25) is 0 Å². The number of benzene rings is 2. The van der Waals surface area contributed by atoms with Gasteiger partial charge >= 0.3 is 0 Å². The van der Waals surface area contributed by atoms with Crippen LogP contribution in [0.5, 0.6) is 0 Å². The molecule has 2 atom stereocenters. The molecule has 0 bridgehead atoms. The van der Waals surface area contributed by atoms with Gasteiger partial charge in [0, 0.05) is 28.2 Å². The van der Waals surface area contributed by atoms with E-state index >= 15 is 0 Å². The van der Waals surface area contributed by atoms with E-state index in [2.05, 4.69) is 72.7 Å². The first-order valence-corrected chi connectivity index (χ1v) is 7.18. The minimum Gasteiger partial charge on any atom is -0.376 e. The number of hydrogen-bond donors (Lipinski definition) is 2. The van der Waals surface area contributed by atoms with Crippen LogP contribution in [0.2, 0.25) is 0 Å². The average molecular weight is 262 g/mol. The lowest BCUT2D eigenvalue weighted by molar-refractivity contribution is 0.659. The van der Waals surface area contributed by atoms with Crippen molar-refractivity contribution in [1.29, 1.82) is 0 Å². The molecule has 0 radical (unpaired) electrons. The Morgan fingerprint density at radius 2 is 1.70 bits per heavy atom. The molecule has 2 heteroatoms. The monoisotopic (exact) mass is 262 g/mol. The summed E-state index contributed by atoms with van der Waals surface area (Å²) in [7, 11) is 0. The fraction of sp³-hybridized carbons (Fsp3) is 0.222. The number of aryl methyl sites for hydroxylation is 1. The van der Waals surface area contributed by atoms with Gasteiger partial charge < -0.3 is 10.3 Å². The molecule has 0 unspecified atom stereocenters. The zero-order valence-electron chi connectivity index (χ0n) is 11.8. The summed E-state index contributed by atoms with van der Waals surface area (Å²) in [5.74, 6) is 0.484. The minimum atomic E-state index is 0.333. The molecule has 0 fully saturated rings. The van der Waals surface area contributed by atoms with Crippen LogP contribution in [0.25, 0.3) is 10.9 Å². The van der Waals surface area contributed by atoms with Crippen LogP contribution in [0, 0.1) is 6.92 Å². The van der Waals surface area contributed by atoms with Gasteiger partial charge in [0.15, 0.2) is 0 Å². The van der Waals surface area contributed by atoms with Crippen LogP contribution in [-0.2, 0) is 0 Å². The molecule has 2 aromatic carbocycles. The highest BCUT2D eigenvalue weighted by molar-refractivity contribution is 5.85. The van der Waals surface area contributed by atoms with E-state index in [1.807, 2.05) is 0 Å². The van der Waals surface area contributed by atoms with E-state index < -0.39 is 0 Å². The smallest absolute Gasteiger partial charge is 0.0732 e. The summed E-state index contributed by atoms with van der Waals surface area (Å²) in [5, 5.41) is 5.00. The molecule has 0 amide bonds.